The smallest absolute Gasteiger partial charge is 0.231 e. The second-order valence-electron chi connectivity index (χ2n) is 5.86. The number of nitrogens with one attached hydrogen (secondary N) is 1. The van der Waals surface area contributed by atoms with Gasteiger partial charge in [0.1, 0.15) is 0 Å². The van der Waals surface area contributed by atoms with E-state index in [4.69, 9.17) is 5.73 Å². The lowest BCUT2D eigenvalue weighted by molar-refractivity contribution is -0.125. The molecule has 0 aliphatic heterocycles. The van der Waals surface area contributed by atoms with Gasteiger partial charge in [-0.05, 0) is 44.7 Å². The zero-order chi connectivity index (χ0) is 13.9. The third-order valence-electron chi connectivity index (χ3n) is 4.40. The molecule has 0 bridgehead atoms. The summed E-state index contributed by atoms with van der Waals surface area (Å²) in [4.78, 5) is 12.6. The minimum absolute atomic E-state index is 0.163. The third kappa shape index (κ3) is 2.81. The van der Waals surface area contributed by atoms with Crippen LogP contribution in [-0.4, -0.2) is 18.0 Å². The van der Waals surface area contributed by atoms with Crippen molar-refractivity contribution in [1.29, 1.82) is 0 Å². The first-order valence-corrected chi connectivity index (χ1v) is 7.14. The number of carbonyl (C=O) groups is 1. The van der Waals surface area contributed by atoms with Crippen molar-refractivity contribution in [2.75, 3.05) is 6.54 Å². The van der Waals surface area contributed by atoms with E-state index in [0.29, 0.717) is 6.54 Å². The maximum absolute atomic E-state index is 12.6. The minimum atomic E-state index is -0.285. The second-order valence-corrected chi connectivity index (χ2v) is 5.86. The molecule has 19 heavy (non-hydrogen) atoms. The molecule has 1 aromatic carbocycles. The molecule has 0 heterocycles. The highest BCUT2D eigenvalue weighted by atomic mass is 16.2. The van der Waals surface area contributed by atoms with E-state index in [2.05, 4.69) is 31.3 Å². The van der Waals surface area contributed by atoms with Gasteiger partial charge >= 0.3 is 0 Å². The Morgan fingerprint density at radius 3 is 2.47 bits per heavy atom. The number of nitrogens with two attached hydrogens (primary N) is 1. The molecule has 0 spiro atoms. The van der Waals surface area contributed by atoms with Crippen LogP contribution >= 0.6 is 0 Å². The van der Waals surface area contributed by atoms with Crippen LogP contribution in [0.5, 0.6) is 0 Å². The molecular weight excluding hydrogens is 236 g/mol. The van der Waals surface area contributed by atoms with Gasteiger partial charge < -0.3 is 11.1 Å². The molecule has 1 amide bonds. The maximum Gasteiger partial charge on any atom is 0.231 e. The molecule has 2 rings (SSSR count). The summed E-state index contributed by atoms with van der Waals surface area (Å²) in [6.45, 7) is 4.78. The largest absolute Gasteiger partial charge is 0.350 e. The van der Waals surface area contributed by atoms with Gasteiger partial charge in [-0.2, -0.15) is 0 Å². The van der Waals surface area contributed by atoms with E-state index in [1.165, 1.54) is 0 Å². The molecule has 0 radical (unpaired) electrons. The standard InChI is InChI=1S/C16H24N2O/c1-3-15(2,11-12-17)18-14(19)16(9-10-16)13-7-5-4-6-8-13/h4-8H,3,9-12,17H2,1-2H3,(H,18,19). The predicted octanol–water partition coefficient (Wildman–Crippen LogP) is 2.35. The molecule has 0 aromatic heterocycles. The lowest BCUT2D eigenvalue weighted by Crippen LogP contribution is -2.50. The van der Waals surface area contributed by atoms with Crippen molar-refractivity contribution in [3.63, 3.8) is 0 Å². The van der Waals surface area contributed by atoms with Gasteiger partial charge in [0.05, 0.1) is 5.41 Å². The molecule has 1 saturated carbocycles. The summed E-state index contributed by atoms with van der Waals surface area (Å²) >= 11 is 0. The third-order valence-corrected chi connectivity index (χ3v) is 4.40. The zero-order valence-electron chi connectivity index (χ0n) is 11.9. The van der Waals surface area contributed by atoms with E-state index in [1.54, 1.807) is 0 Å². The van der Waals surface area contributed by atoms with E-state index in [1.807, 2.05) is 18.2 Å². The van der Waals surface area contributed by atoms with Crippen LogP contribution in [0.4, 0.5) is 0 Å². The average Bonchev–Trinajstić information content (AvgIpc) is 3.21. The summed E-state index contributed by atoms with van der Waals surface area (Å²) in [5, 5.41) is 3.23. The Morgan fingerprint density at radius 1 is 1.37 bits per heavy atom. The van der Waals surface area contributed by atoms with Gasteiger partial charge in [-0.3, -0.25) is 4.79 Å². The van der Waals surface area contributed by atoms with Gasteiger partial charge in [0.2, 0.25) is 5.91 Å². The Morgan fingerprint density at radius 2 is 2.00 bits per heavy atom. The average molecular weight is 260 g/mol. The summed E-state index contributed by atoms with van der Waals surface area (Å²) in [5.74, 6) is 0.163. The molecule has 1 unspecified atom stereocenters. The van der Waals surface area contributed by atoms with Gasteiger partial charge in [0.25, 0.3) is 0 Å². The fourth-order valence-corrected chi connectivity index (χ4v) is 2.57. The Hall–Kier alpha value is -1.35. The normalized spacial score (nSPS) is 19.5. The van der Waals surface area contributed by atoms with Crippen LogP contribution in [0.15, 0.2) is 30.3 Å². The summed E-state index contributed by atoms with van der Waals surface area (Å²) in [6.07, 6.45) is 3.62. The molecule has 0 saturated heterocycles. The fraction of sp³-hybridized carbons (Fsp3) is 0.562. The van der Waals surface area contributed by atoms with Crippen molar-refractivity contribution in [2.24, 2.45) is 5.73 Å². The van der Waals surface area contributed by atoms with Crippen LogP contribution in [0, 0.1) is 0 Å². The maximum atomic E-state index is 12.6. The van der Waals surface area contributed by atoms with Gasteiger partial charge in [-0.1, -0.05) is 37.3 Å². The fourth-order valence-electron chi connectivity index (χ4n) is 2.57. The van der Waals surface area contributed by atoms with Crippen LogP contribution in [0.1, 0.15) is 45.1 Å². The van der Waals surface area contributed by atoms with Gasteiger partial charge in [0, 0.05) is 5.54 Å². The Labute approximate surface area is 115 Å². The number of benzene rings is 1. The number of hydrogen-bond donors (Lipinski definition) is 2. The van der Waals surface area contributed by atoms with Crippen molar-refractivity contribution in [2.45, 2.75) is 50.5 Å². The first-order valence-electron chi connectivity index (χ1n) is 7.14. The minimum Gasteiger partial charge on any atom is -0.350 e. The summed E-state index contributed by atoms with van der Waals surface area (Å²) in [7, 11) is 0. The zero-order valence-corrected chi connectivity index (χ0v) is 11.9. The van der Waals surface area contributed by atoms with E-state index < -0.39 is 0 Å². The number of rotatable bonds is 6. The van der Waals surface area contributed by atoms with E-state index in [9.17, 15) is 4.79 Å². The molecule has 3 heteroatoms. The topological polar surface area (TPSA) is 55.1 Å². The lowest BCUT2D eigenvalue weighted by atomic mass is 9.90. The van der Waals surface area contributed by atoms with Crippen LogP contribution in [0.3, 0.4) is 0 Å². The predicted molar refractivity (Wildman–Crippen MR) is 77.9 cm³/mol. The monoisotopic (exact) mass is 260 g/mol. The van der Waals surface area contributed by atoms with Crippen molar-refractivity contribution in [3.8, 4) is 0 Å². The van der Waals surface area contributed by atoms with Gasteiger partial charge in [-0.15, -0.1) is 0 Å². The molecule has 1 aromatic rings. The molecule has 104 valence electrons. The van der Waals surface area contributed by atoms with Crippen molar-refractivity contribution < 1.29 is 4.79 Å². The first-order chi connectivity index (χ1) is 9.06. The molecule has 3 N–H and O–H groups in total. The quantitative estimate of drug-likeness (QED) is 0.825. The highest BCUT2D eigenvalue weighted by molar-refractivity contribution is 5.91. The Kier molecular flexibility index (Phi) is 3.95. The van der Waals surface area contributed by atoms with Gasteiger partial charge in [0.15, 0.2) is 0 Å². The Bertz CT molecular complexity index is 439. The van der Waals surface area contributed by atoms with Crippen LogP contribution < -0.4 is 11.1 Å². The molecular formula is C16H24N2O. The van der Waals surface area contributed by atoms with Crippen LogP contribution in [0.25, 0.3) is 0 Å². The SMILES string of the molecule is CCC(C)(CCN)NC(=O)C1(c2ccccc2)CC1. The summed E-state index contributed by atoms with van der Waals surface area (Å²) in [6, 6.07) is 10.1. The highest BCUT2D eigenvalue weighted by Gasteiger charge is 2.52. The van der Waals surface area contributed by atoms with Crippen molar-refractivity contribution >= 4 is 5.91 Å². The van der Waals surface area contributed by atoms with Gasteiger partial charge in [-0.25, -0.2) is 0 Å². The summed E-state index contributed by atoms with van der Waals surface area (Å²) in [5.41, 5.74) is 6.32. The number of amides is 1. The molecule has 1 aliphatic rings. The van der Waals surface area contributed by atoms with E-state index in [-0.39, 0.29) is 16.9 Å². The van der Waals surface area contributed by atoms with E-state index >= 15 is 0 Å². The first kappa shape index (κ1) is 14.1. The number of hydrogen-bond acceptors (Lipinski definition) is 2. The molecule has 1 aliphatic carbocycles. The number of carbonyl (C=O) groups excluding carboxylic acids is 1. The molecule has 1 atom stereocenters. The van der Waals surface area contributed by atoms with Crippen molar-refractivity contribution in [1.82, 2.24) is 5.32 Å². The van der Waals surface area contributed by atoms with Crippen molar-refractivity contribution in [3.05, 3.63) is 35.9 Å². The Balaban J connectivity index is 2.12. The van der Waals surface area contributed by atoms with Crippen LogP contribution in [0.2, 0.25) is 0 Å². The summed E-state index contributed by atoms with van der Waals surface area (Å²) < 4.78 is 0. The molecule has 1 fully saturated rings. The second kappa shape index (κ2) is 5.33. The lowest BCUT2D eigenvalue weighted by Gasteiger charge is -2.31. The molecule has 3 nitrogen and oxygen atoms in total. The van der Waals surface area contributed by atoms with E-state index in [0.717, 1.165) is 31.2 Å². The van der Waals surface area contributed by atoms with Crippen LogP contribution in [-0.2, 0) is 10.2 Å². The highest BCUT2D eigenvalue weighted by Crippen LogP contribution is 2.48.